The van der Waals surface area contributed by atoms with Gasteiger partial charge in [0.1, 0.15) is 23.0 Å². The molecule has 37 heavy (non-hydrogen) atoms. The molecule has 1 saturated heterocycles. The van der Waals surface area contributed by atoms with Crippen molar-refractivity contribution in [2.24, 2.45) is 0 Å². The average molecular weight is 504 g/mol. The molecule has 0 aliphatic carbocycles. The van der Waals surface area contributed by atoms with Gasteiger partial charge < -0.3 is 29.3 Å². The number of hydrogen-bond donors (Lipinski definition) is 1. The minimum absolute atomic E-state index is 0.131. The molecule has 5 rings (SSSR count). The Morgan fingerprint density at radius 2 is 1.84 bits per heavy atom. The molecule has 1 aromatic heterocycles. The SMILES string of the molecule is Cc1cnc(NC(=O)c2cc(Oc3ccc4c(c3)OCN(C)C4=O)cc(O[C@H]3CCN(C)C3=O)c2)cn1. The summed E-state index contributed by atoms with van der Waals surface area (Å²) in [5, 5.41) is 2.70. The van der Waals surface area contributed by atoms with Crippen LogP contribution < -0.4 is 19.5 Å². The molecule has 11 heteroatoms. The molecule has 2 aliphatic heterocycles. The number of benzene rings is 2. The first-order chi connectivity index (χ1) is 17.8. The van der Waals surface area contributed by atoms with Crippen molar-refractivity contribution >= 4 is 23.5 Å². The number of ether oxygens (including phenoxy) is 3. The Kier molecular flexibility index (Phi) is 6.34. The third kappa shape index (κ3) is 5.15. The van der Waals surface area contributed by atoms with Gasteiger partial charge in [0.2, 0.25) is 0 Å². The highest BCUT2D eigenvalue weighted by Gasteiger charge is 2.31. The Morgan fingerprint density at radius 3 is 2.57 bits per heavy atom. The van der Waals surface area contributed by atoms with Crippen molar-refractivity contribution in [3.05, 3.63) is 65.6 Å². The van der Waals surface area contributed by atoms with E-state index in [1.54, 1.807) is 68.5 Å². The predicted octanol–water partition coefficient (Wildman–Crippen LogP) is 2.86. The highest BCUT2D eigenvalue weighted by molar-refractivity contribution is 6.04. The van der Waals surface area contributed by atoms with Gasteiger partial charge in [0.25, 0.3) is 17.7 Å². The van der Waals surface area contributed by atoms with E-state index in [1.807, 2.05) is 0 Å². The van der Waals surface area contributed by atoms with Crippen LogP contribution in [0.15, 0.2) is 48.8 Å². The molecule has 0 spiro atoms. The summed E-state index contributed by atoms with van der Waals surface area (Å²) in [4.78, 5) is 49.1. The summed E-state index contributed by atoms with van der Waals surface area (Å²) in [5.41, 5.74) is 1.39. The van der Waals surface area contributed by atoms with Gasteiger partial charge in [-0.25, -0.2) is 4.98 Å². The molecule has 2 aromatic carbocycles. The molecule has 11 nitrogen and oxygen atoms in total. The zero-order valence-corrected chi connectivity index (χ0v) is 20.6. The van der Waals surface area contributed by atoms with Crippen LogP contribution in [0.3, 0.4) is 0 Å². The number of fused-ring (bicyclic) bond motifs is 1. The van der Waals surface area contributed by atoms with Gasteiger partial charge >= 0.3 is 0 Å². The van der Waals surface area contributed by atoms with Crippen molar-refractivity contribution in [3.63, 3.8) is 0 Å². The number of nitrogens with one attached hydrogen (secondary N) is 1. The third-order valence-electron chi connectivity index (χ3n) is 6.00. The van der Waals surface area contributed by atoms with E-state index in [0.29, 0.717) is 47.3 Å². The maximum Gasteiger partial charge on any atom is 0.263 e. The molecule has 0 bridgehead atoms. The smallest absolute Gasteiger partial charge is 0.263 e. The second kappa shape index (κ2) is 9.76. The monoisotopic (exact) mass is 503 g/mol. The second-order valence-corrected chi connectivity index (χ2v) is 8.88. The number of likely N-dealkylation sites (N-methyl/N-ethyl adjacent to an activating group) is 1. The normalized spacial score (nSPS) is 16.8. The summed E-state index contributed by atoms with van der Waals surface area (Å²) in [7, 11) is 3.37. The topological polar surface area (TPSA) is 123 Å². The van der Waals surface area contributed by atoms with E-state index in [9.17, 15) is 14.4 Å². The van der Waals surface area contributed by atoms with E-state index in [0.717, 1.165) is 5.69 Å². The van der Waals surface area contributed by atoms with E-state index < -0.39 is 12.0 Å². The maximum absolute atomic E-state index is 13.0. The van der Waals surface area contributed by atoms with E-state index in [1.165, 1.54) is 11.1 Å². The molecule has 0 unspecified atom stereocenters. The quantitative estimate of drug-likeness (QED) is 0.545. The van der Waals surface area contributed by atoms with Gasteiger partial charge in [0.05, 0.1) is 23.7 Å². The molecule has 0 saturated carbocycles. The van der Waals surface area contributed by atoms with Gasteiger partial charge in [-0.3, -0.25) is 19.4 Å². The van der Waals surface area contributed by atoms with Crippen LogP contribution in [0.25, 0.3) is 0 Å². The maximum atomic E-state index is 13.0. The van der Waals surface area contributed by atoms with Gasteiger partial charge in [0, 0.05) is 44.8 Å². The summed E-state index contributed by atoms with van der Waals surface area (Å²) in [5.74, 6) is 0.975. The number of aryl methyl sites for hydroxylation is 1. The molecule has 1 fully saturated rings. The Hall–Kier alpha value is -4.67. The number of rotatable bonds is 6. The van der Waals surface area contributed by atoms with Crippen LogP contribution in [-0.4, -0.2) is 71.0 Å². The van der Waals surface area contributed by atoms with Crippen LogP contribution in [0, 0.1) is 6.92 Å². The Bertz CT molecular complexity index is 1380. The highest BCUT2D eigenvalue weighted by atomic mass is 16.5. The lowest BCUT2D eigenvalue weighted by Crippen LogP contribution is -2.35. The van der Waals surface area contributed by atoms with Crippen molar-refractivity contribution in [1.82, 2.24) is 19.8 Å². The largest absolute Gasteiger partial charge is 0.480 e. The van der Waals surface area contributed by atoms with Gasteiger partial charge in [-0.1, -0.05) is 0 Å². The number of nitrogens with zero attached hydrogens (tertiary/aromatic N) is 4. The summed E-state index contributed by atoms with van der Waals surface area (Å²) < 4.78 is 17.6. The summed E-state index contributed by atoms with van der Waals surface area (Å²) in [6, 6.07) is 9.58. The van der Waals surface area contributed by atoms with Gasteiger partial charge in [0.15, 0.2) is 18.7 Å². The first kappa shape index (κ1) is 24.0. The molecule has 1 atom stereocenters. The number of hydrogen-bond acceptors (Lipinski definition) is 8. The average Bonchev–Trinajstić information content (AvgIpc) is 3.19. The van der Waals surface area contributed by atoms with E-state index in [4.69, 9.17) is 14.2 Å². The Morgan fingerprint density at radius 1 is 1.03 bits per heavy atom. The summed E-state index contributed by atoms with van der Waals surface area (Å²) >= 11 is 0. The van der Waals surface area contributed by atoms with E-state index in [-0.39, 0.29) is 24.1 Å². The van der Waals surface area contributed by atoms with Crippen molar-refractivity contribution in [2.75, 3.05) is 32.7 Å². The summed E-state index contributed by atoms with van der Waals surface area (Å²) in [6.45, 7) is 2.52. The number of aromatic nitrogens is 2. The first-order valence-electron chi connectivity index (χ1n) is 11.6. The van der Waals surface area contributed by atoms with Crippen LogP contribution in [0.5, 0.6) is 23.0 Å². The van der Waals surface area contributed by atoms with Crippen molar-refractivity contribution in [1.29, 1.82) is 0 Å². The van der Waals surface area contributed by atoms with Crippen LogP contribution >= 0.6 is 0 Å². The zero-order chi connectivity index (χ0) is 26.1. The molecule has 0 radical (unpaired) electrons. The molecule has 190 valence electrons. The number of carbonyl (C=O) groups excluding carboxylic acids is 3. The fourth-order valence-corrected chi connectivity index (χ4v) is 3.97. The highest BCUT2D eigenvalue weighted by Crippen LogP contribution is 2.34. The Labute approximate surface area is 213 Å². The minimum Gasteiger partial charge on any atom is -0.480 e. The van der Waals surface area contributed by atoms with Gasteiger partial charge in [-0.2, -0.15) is 0 Å². The predicted molar refractivity (Wildman–Crippen MR) is 132 cm³/mol. The molecular weight excluding hydrogens is 478 g/mol. The van der Waals surface area contributed by atoms with Crippen molar-refractivity contribution < 1.29 is 28.6 Å². The lowest BCUT2D eigenvalue weighted by molar-refractivity contribution is -0.132. The van der Waals surface area contributed by atoms with Crippen molar-refractivity contribution in [3.8, 4) is 23.0 Å². The number of amides is 3. The van der Waals surface area contributed by atoms with Crippen LogP contribution in [0.1, 0.15) is 32.8 Å². The van der Waals surface area contributed by atoms with E-state index >= 15 is 0 Å². The van der Waals surface area contributed by atoms with Crippen LogP contribution in [0.2, 0.25) is 0 Å². The first-order valence-corrected chi connectivity index (χ1v) is 11.6. The standard InChI is InChI=1S/C26H25N5O6/c1-15-12-28-23(13-27-15)29-24(32)16-8-18(10-19(9-16)37-21-6-7-30(2)26(21)34)36-17-4-5-20-22(11-17)35-14-31(3)25(20)33/h4-5,8-13,21H,6-7,14H2,1-3H3,(H,28,29,32)/t21-/m0/s1. The molecule has 3 aromatic rings. The second-order valence-electron chi connectivity index (χ2n) is 8.88. The number of carbonyl (C=O) groups is 3. The molecule has 3 heterocycles. The molecular formula is C26H25N5O6. The lowest BCUT2D eigenvalue weighted by atomic mass is 10.1. The molecule has 1 N–H and O–H groups in total. The summed E-state index contributed by atoms with van der Waals surface area (Å²) in [6.07, 6.45) is 2.89. The van der Waals surface area contributed by atoms with Gasteiger partial charge in [-0.15, -0.1) is 0 Å². The minimum atomic E-state index is -0.653. The molecule has 2 aliphatic rings. The number of likely N-dealkylation sites (tertiary alicyclic amines) is 1. The van der Waals surface area contributed by atoms with Crippen LogP contribution in [-0.2, 0) is 4.79 Å². The number of anilines is 1. The van der Waals surface area contributed by atoms with Crippen molar-refractivity contribution in [2.45, 2.75) is 19.4 Å². The van der Waals surface area contributed by atoms with Crippen LogP contribution in [0.4, 0.5) is 5.82 Å². The van der Waals surface area contributed by atoms with E-state index in [2.05, 4.69) is 15.3 Å². The fourth-order valence-electron chi connectivity index (χ4n) is 3.97. The van der Waals surface area contributed by atoms with Gasteiger partial charge in [-0.05, 0) is 31.2 Å². The molecule has 3 amide bonds. The Balaban J connectivity index is 1.43. The third-order valence-corrected chi connectivity index (χ3v) is 6.00. The fraction of sp³-hybridized carbons (Fsp3) is 0.269. The lowest BCUT2D eigenvalue weighted by Gasteiger charge is -2.25. The zero-order valence-electron chi connectivity index (χ0n) is 20.6.